The molecule has 0 aliphatic rings. The molecule has 2 aromatic rings. The van der Waals surface area contributed by atoms with E-state index < -0.39 is 17.6 Å². The molecule has 0 fully saturated rings. The van der Waals surface area contributed by atoms with Gasteiger partial charge in [-0.2, -0.15) is 4.39 Å². The van der Waals surface area contributed by atoms with Crippen LogP contribution in [-0.4, -0.2) is 11.1 Å². The Bertz CT molecular complexity index is 639. The van der Waals surface area contributed by atoms with E-state index in [0.29, 0.717) is 5.56 Å². The molecule has 0 aromatic heterocycles. The fourth-order valence-electron chi connectivity index (χ4n) is 1.52. The molecular formula is C14H10F2O3. The molecule has 0 saturated carbocycles. The molecular weight excluding hydrogens is 254 g/mol. The molecule has 2 aromatic carbocycles. The highest BCUT2D eigenvalue weighted by Crippen LogP contribution is 2.29. The van der Waals surface area contributed by atoms with Gasteiger partial charge in [-0.05, 0) is 36.8 Å². The molecule has 0 atom stereocenters. The third-order valence-corrected chi connectivity index (χ3v) is 2.57. The van der Waals surface area contributed by atoms with Gasteiger partial charge in [-0.3, -0.25) is 0 Å². The summed E-state index contributed by atoms with van der Waals surface area (Å²) in [6, 6.07) is 7.77. The van der Waals surface area contributed by atoms with E-state index in [4.69, 9.17) is 9.84 Å². The Labute approximate surface area is 108 Å². The summed E-state index contributed by atoms with van der Waals surface area (Å²) in [6.07, 6.45) is 0. The highest BCUT2D eigenvalue weighted by atomic mass is 19.2. The smallest absolute Gasteiger partial charge is 0.335 e. The number of hydrogen-bond donors (Lipinski definition) is 1. The summed E-state index contributed by atoms with van der Waals surface area (Å²) in [4.78, 5) is 10.8. The van der Waals surface area contributed by atoms with E-state index in [-0.39, 0.29) is 17.1 Å². The Morgan fingerprint density at radius 1 is 1.16 bits per heavy atom. The highest BCUT2D eigenvalue weighted by Gasteiger charge is 2.12. The minimum atomic E-state index is -1.12. The number of rotatable bonds is 3. The highest BCUT2D eigenvalue weighted by molar-refractivity contribution is 5.88. The van der Waals surface area contributed by atoms with Gasteiger partial charge in [-0.25, -0.2) is 9.18 Å². The van der Waals surface area contributed by atoms with Crippen molar-refractivity contribution in [3.05, 3.63) is 59.2 Å². The van der Waals surface area contributed by atoms with Gasteiger partial charge < -0.3 is 9.84 Å². The maximum Gasteiger partial charge on any atom is 0.335 e. The molecule has 1 N–H and O–H groups in total. The summed E-state index contributed by atoms with van der Waals surface area (Å²) in [5, 5.41) is 8.88. The number of ether oxygens (including phenoxy) is 1. The number of carboxylic acids is 1. The summed E-state index contributed by atoms with van der Waals surface area (Å²) >= 11 is 0. The first-order valence-corrected chi connectivity index (χ1v) is 5.45. The zero-order valence-corrected chi connectivity index (χ0v) is 9.98. The quantitative estimate of drug-likeness (QED) is 0.918. The molecule has 0 aliphatic heterocycles. The van der Waals surface area contributed by atoms with Gasteiger partial charge in [0.25, 0.3) is 0 Å². The van der Waals surface area contributed by atoms with E-state index in [1.165, 1.54) is 30.3 Å². The lowest BCUT2D eigenvalue weighted by atomic mass is 10.1. The number of halogens is 2. The molecule has 0 bridgehead atoms. The standard InChI is InChI=1S/C14H10F2O3/c1-8-5-6-9(14(17)18)7-12(8)19-11-4-2-3-10(15)13(11)16/h2-7H,1H3,(H,17,18). The van der Waals surface area contributed by atoms with Crippen molar-refractivity contribution < 1.29 is 23.4 Å². The lowest BCUT2D eigenvalue weighted by molar-refractivity contribution is 0.0696. The Morgan fingerprint density at radius 3 is 2.58 bits per heavy atom. The number of carbonyl (C=O) groups is 1. The summed E-state index contributed by atoms with van der Waals surface area (Å²) in [7, 11) is 0. The first kappa shape index (κ1) is 13.0. The van der Waals surface area contributed by atoms with Gasteiger partial charge in [-0.15, -0.1) is 0 Å². The second-order valence-electron chi connectivity index (χ2n) is 3.94. The van der Waals surface area contributed by atoms with Gasteiger partial charge in [-0.1, -0.05) is 12.1 Å². The van der Waals surface area contributed by atoms with Crippen LogP contribution in [0.4, 0.5) is 8.78 Å². The zero-order chi connectivity index (χ0) is 14.0. The molecule has 5 heteroatoms. The van der Waals surface area contributed by atoms with E-state index >= 15 is 0 Å². The van der Waals surface area contributed by atoms with Crippen LogP contribution < -0.4 is 4.74 Å². The van der Waals surface area contributed by atoms with E-state index in [2.05, 4.69) is 0 Å². The Balaban J connectivity index is 2.40. The van der Waals surface area contributed by atoms with Crippen LogP contribution in [0.5, 0.6) is 11.5 Å². The third kappa shape index (κ3) is 2.70. The van der Waals surface area contributed by atoms with Crippen molar-refractivity contribution in [2.75, 3.05) is 0 Å². The Kier molecular flexibility index (Phi) is 3.46. The maximum atomic E-state index is 13.5. The lowest BCUT2D eigenvalue weighted by Crippen LogP contribution is -1.98. The predicted molar refractivity (Wildman–Crippen MR) is 64.6 cm³/mol. The first-order valence-electron chi connectivity index (χ1n) is 5.45. The number of carboxylic acid groups (broad SMARTS) is 1. The molecule has 0 amide bonds. The number of benzene rings is 2. The summed E-state index contributed by atoms with van der Waals surface area (Å²) in [5.74, 6) is -3.37. The van der Waals surface area contributed by atoms with Gasteiger partial charge in [0.15, 0.2) is 11.6 Å². The van der Waals surface area contributed by atoms with Crippen LogP contribution in [0, 0.1) is 18.6 Å². The summed E-state index contributed by atoms with van der Waals surface area (Å²) in [6.45, 7) is 1.68. The van der Waals surface area contributed by atoms with Crippen molar-refractivity contribution in [3.63, 3.8) is 0 Å². The fourth-order valence-corrected chi connectivity index (χ4v) is 1.52. The molecule has 0 aliphatic carbocycles. The summed E-state index contributed by atoms with van der Waals surface area (Å²) in [5.41, 5.74) is 0.631. The van der Waals surface area contributed by atoms with Crippen LogP contribution >= 0.6 is 0 Å². The molecule has 2 rings (SSSR count). The first-order chi connectivity index (χ1) is 8.99. The zero-order valence-electron chi connectivity index (χ0n) is 9.98. The van der Waals surface area contributed by atoms with Gasteiger partial charge in [0.2, 0.25) is 5.82 Å². The van der Waals surface area contributed by atoms with Gasteiger partial charge >= 0.3 is 5.97 Å². The molecule has 0 heterocycles. The predicted octanol–water partition coefficient (Wildman–Crippen LogP) is 3.76. The minimum absolute atomic E-state index is 0.0115. The number of aromatic carboxylic acids is 1. The molecule has 98 valence electrons. The Morgan fingerprint density at radius 2 is 1.89 bits per heavy atom. The van der Waals surface area contributed by atoms with E-state index in [1.54, 1.807) is 6.92 Å². The van der Waals surface area contributed by atoms with Crippen LogP contribution in [0.3, 0.4) is 0 Å². The van der Waals surface area contributed by atoms with E-state index in [0.717, 1.165) is 6.07 Å². The third-order valence-electron chi connectivity index (χ3n) is 2.57. The SMILES string of the molecule is Cc1ccc(C(=O)O)cc1Oc1cccc(F)c1F. The van der Waals surface area contributed by atoms with Crippen molar-refractivity contribution in [1.82, 2.24) is 0 Å². The van der Waals surface area contributed by atoms with Crippen molar-refractivity contribution in [2.24, 2.45) is 0 Å². The average Bonchev–Trinajstić information content (AvgIpc) is 2.37. The second kappa shape index (κ2) is 5.06. The van der Waals surface area contributed by atoms with Gasteiger partial charge in [0.05, 0.1) is 5.56 Å². The topological polar surface area (TPSA) is 46.5 Å². The summed E-state index contributed by atoms with van der Waals surface area (Å²) < 4.78 is 31.7. The molecule has 0 saturated heterocycles. The monoisotopic (exact) mass is 264 g/mol. The van der Waals surface area contributed by atoms with Crippen molar-refractivity contribution in [3.8, 4) is 11.5 Å². The molecule has 3 nitrogen and oxygen atoms in total. The van der Waals surface area contributed by atoms with Crippen LogP contribution in [0.25, 0.3) is 0 Å². The Hall–Kier alpha value is -2.43. The van der Waals surface area contributed by atoms with E-state index in [1.807, 2.05) is 0 Å². The maximum absolute atomic E-state index is 13.5. The van der Waals surface area contributed by atoms with Crippen molar-refractivity contribution in [2.45, 2.75) is 6.92 Å². The van der Waals surface area contributed by atoms with Crippen molar-refractivity contribution >= 4 is 5.97 Å². The van der Waals surface area contributed by atoms with Crippen LogP contribution in [0.1, 0.15) is 15.9 Å². The van der Waals surface area contributed by atoms with E-state index in [9.17, 15) is 13.6 Å². The van der Waals surface area contributed by atoms with Gasteiger partial charge in [0, 0.05) is 0 Å². The number of aryl methyl sites for hydroxylation is 1. The van der Waals surface area contributed by atoms with Gasteiger partial charge in [0.1, 0.15) is 5.75 Å². The molecule has 0 spiro atoms. The van der Waals surface area contributed by atoms with Crippen LogP contribution in [0.2, 0.25) is 0 Å². The van der Waals surface area contributed by atoms with Crippen LogP contribution in [0.15, 0.2) is 36.4 Å². The molecule has 0 unspecified atom stereocenters. The molecule has 19 heavy (non-hydrogen) atoms. The average molecular weight is 264 g/mol. The van der Waals surface area contributed by atoms with Crippen molar-refractivity contribution in [1.29, 1.82) is 0 Å². The molecule has 0 radical (unpaired) electrons. The van der Waals surface area contributed by atoms with Crippen LogP contribution in [-0.2, 0) is 0 Å². The lowest BCUT2D eigenvalue weighted by Gasteiger charge is -2.10. The normalized spacial score (nSPS) is 10.3. The second-order valence-corrected chi connectivity index (χ2v) is 3.94. The largest absolute Gasteiger partial charge is 0.478 e. The fraction of sp³-hybridized carbons (Fsp3) is 0.0714. The minimum Gasteiger partial charge on any atom is -0.478 e. The number of hydrogen-bond acceptors (Lipinski definition) is 2.